The van der Waals surface area contributed by atoms with Gasteiger partial charge in [0, 0.05) is 45.0 Å². The second-order valence-corrected chi connectivity index (χ2v) is 6.51. The maximum Gasteiger partial charge on any atom is 0.257 e. The lowest BCUT2D eigenvalue weighted by atomic mass is 10.0. The number of likely N-dealkylation sites (tertiary alicyclic amines) is 1. The molecule has 1 aromatic rings. The van der Waals surface area contributed by atoms with Gasteiger partial charge in [0.05, 0.1) is 5.56 Å². The number of hydrogen-bond acceptors (Lipinski definition) is 4. The maximum absolute atomic E-state index is 13.0. The summed E-state index contributed by atoms with van der Waals surface area (Å²) in [5, 5.41) is 0. The fraction of sp³-hybridized carbons (Fsp3) is 0.647. The molecule has 0 radical (unpaired) electrons. The van der Waals surface area contributed by atoms with Crippen molar-refractivity contribution in [2.24, 2.45) is 0 Å². The van der Waals surface area contributed by atoms with Gasteiger partial charge in [-0.3, -0.25) is 4.79 Å². The minimum atomic E-state index is 0.147. The molecule has 1 unspecified atom stereocenters. The van der Waals surface area contributed by atoms with E-state index in [1.54, 1.807) is 6.20 Å². The van der Waals surface area contributed by atoms with E-state index in [0.29, 0.717) is 6.04 Å². The minimum absolute atomic E-state index is 0.147. The number of likely N-dealkylation sites (N-methyl/N-ethyl adjacent to an activating group) is 1. The van der Waals surface area contributed by atoms with E-state index >= 15 is 0 Å². The predicted molar refractivity (Wildman–Crippen MR) is 88.3 cm³/mol. The molecule has 2 aliphatic rings. The molecule has 2 saturated heterocycles. The Hall–Kier alpha value is -1.62. The number of carbonyl (C=O) groups is 1. The number of nitrogens with zero attached hydrogens (tertiary/aromatic N) is 4. The number of hydrogen-bond donors (Lipinski definition) is 0. The summed E-state index contributed by atoms with van der Waals surface area (Å²) < 4.78 is 0. The summed E-state index contributed by atoms with van der Waals surface area (Å²) >= 11 is 0. The van der Waals surface area contributed by atoms with Gasteiger partial charge >= 0.3 is 0 Å². The Balaban J connectivity index is 1.83. The zero-order chi connectivity index (χ0) is 15.5. The molecule has 1 amide bonds. The standard InChI is InChI=1S/C17H26N4O/c1-14-6-3-4-9-21(14)17(22)15-7-5-8-18-16(15)20-12-10-19(2)11-13-20/h5,7-8,14H,3-4,6,9-13H2,1-2H3. The molecule has 1 atom stereocenters. The van der Waals surface area contributed by atoms with Crippen molar-refractivity contribution in [2.75, 3.05) is 44.7 Å². The summed E-state index contributed by atoms with van der Waals surface area (Å²) in [6.07, 6.45) is 5.24. The summed E-state index contributed by atoms with van der Waals surface area (Å²) in [6, 6.07) is 4.15. The van der Waals surface area contributed by atoms with Gasteiger partial charge in [0.2, 0.25) is 0 Å². The molecule has 3 rings (SSSR count). The van der Waals surface area contributed by atoms with Gasteiger partial charge in [0.15, 0.2) is 0 Å². The largest absolute Gasteiger partial charge is 0.353 e. The van der Waals surface area contributed by atoms with Crippen LogP contribution in [0.25, 0.3) is 0 Å². The Bertz CT molecular complexity index is 525. The van der Waals surface area contributed by atoms with Crippen molar-refractivity contribution in [3.8, 4) is 0 Å². The molecule has 2 fully saturated rings. The molecule has 5 heteroatoms. The van der Waals surface area contributed by atoms with Crippen LogP contribution >= 0.6 is 0 Å². The van der Waals surface area contributed by atoms with Crippen molar-refractivity contribution >= 4 is 11.7 Å². The molecular weight excluding hydrogens is 276 g/mol. The van der Waals surface area contributed by atoms with Crippen LogP contribution in [0.15, 0.2) is 18.3 Å². The molecule has 3 heterocycles. The molecule has 0 bridgehead atoms. The summed E-state index contributed by atoms with van der Waals surface area (Å²) in [7, 11) is 2.14. The molecule has 120 valence electrons. The van der Waals surface area contributed by atoms with Crippen LogP contribution in [0.1, 0.15) is 36.5 Å². The van der Waals surface area contributed by atoms with Crippen LogP contribution in [-0.2, 0) is 0 Å². The first kappa shape index (κ1) is 15.3. The Kier molecular flexibility index (Phi) is 4.62. The van der Waals surface area contributed by atoms with Gasteiger partial charge in [-0.15, -0.1) is 0 Å². The summed E-state index contributed by atoms with van der Waals surface area (Å²) in [4.78, 5) is 24.1. The van der Waals surface area contributed by atoms with Crippen LogP contribution in [0.4, 0.5) is 5.82 Å². The molecule has 0 aliphatic carbocycles. The third-order valence-corrected chi connectivity index (χ3v) is 4.88. The second-order valence-electron chi connectivity index (χ2n) is 6.51. The van der Waals surface area contributed by atoms with E-state index in [9.17, 15) is 4.79 Å². The lowest BCUT2D eigenvalue weighted by Gasteiger charge is -2.36. The van der Waals surface area contributed by atoms with Gasteiger partial charge in [-0.05, 0) is 45.4 Å². The highest BCUT2D eigenvalue weighted by Crippen LogP contribution is 2.24. The van der Waals surface area contributed by atoms with Crippen LogP contribution in [0.3, 0.4) is 0 Å². The second kappa shape index (κ2) is 6.65. The molecule has 5 nitrogen and oxygen atoms in total. The fourth-order valence-electron chi connectivity index (χ4n) is 3.39. The minimum Gasteiger partial charge on any atom is -0.353 e. The van der Waals surface area contributed by atoms with Crippen LogP contribution in [0, 0.1) is 0 Å². The highest BCUT2D eigenvalue weighted by Gasteiger charge is 2.28. The Labute approximate surface area is 132 Å². The highest BCUT2D eigenvalue weighted by atomic mass is 16.2. The zero-order valence-corrected chi connectivity index (χ0v) is 13.7. The number of piperidine rings is 1. The summed E-state index contributed by atoms with van der Waals surface area (Å²) in [6.45, 7) is 6.93. The van der Waals surface area contributed by atoms with Crippen LogP contribution in [0.5, 0.6) is 0 Å². The molecule has 1 aromatic heterocycles. The molecule has 0 aromatic carbocycles. The zero-order valence-electron chi connectivity index (χ0n) is 13.7. The maximum atomic E-state index is 13.0. The molecule has 0 saturated carbocycles. The first-order valence-corrected chi connectivity index (χ1v) is 8.36. The van der Waals surface area contributed by atoms with Crippen molar-refractivity contribution in [3.05, 3.63) is 23.9 Å². The number of piperazine rings is 1. The van der Waals surface area contributed by atoms with E-state index in [1.807, 2.05) is 17.0 Å². The summed E-state index contributed by atoms with van der Waals surface area (Å²) in [5.41, 5.74) is 0.765. The quantitative estimate of drug-likeness (QED) is 0.836. The first-order chi connectivity index (χ1) is 10.7. The lowest BCUT2D eigenvalue weighted by Crippen LogP contribution is -2.46. The van der Waals surface area contributed by atoms with Crippen molar-refractivity contribution in [1.29, 1.82) is 0 Å². The number of amides is 1. The SMILES string of the molecule is CC1CCCCN1C(=O)c1cccnc1N1CCN(C)CC1. The van der Waals surface area contributed by atoms with Crippen LogP contribution in [-0.4, -0.2) is 66.5 Å². The molecule has 0 spiro atoms. The van der Waals surface area contributed by atoms with Gasteiger partial charge in [-0.2, -0.15) is 0 Å². The first-order valence-electron chi connectivity index (χ1n) is 8.36. The fourth-order valence-corrected chi connectivity index (χ4v) is 3.39. The van der Waals surface area contributed by atoms with Gasteiger partial charge in [-0.1, -0.05) is 0 Å². The topological polar surface area (TPSA) is 39.7 Å². The Morgan fingerprint density at radius 1 is 1.18 bits per heavy atom. The Morgan fingerprint density at radius 2 is 1.95 bits per heavy atom. The van der Waals surface area contributed by atoms with E-state index in [0.717, 1.165) is 56.9 Å². The van der Waals surface area contributed by atoms with Crippen molar-refractivity contribution < 1.29 is 4.79 Å². The third-order valence-electron chi connectivity index (χ3n) is 4.88. The van der Waals surface area contributed by atoms with Gasteiger partial charge in [0.1, 0.15) is 5.82 Å². The number of pyridine rings is 1. The predicted octanol–water partition coefficient (Wildman–Crippen LogP) is 1.85. The lowest BCUT2D eigenvalue weighted by molar-refractivity contribution is 0.0635. The van der Waals surface area contributed by atoms with E-state index in [1.165, 1.54) is 6.42 Å². The third kappa shape index (κ3) is 3.09. The van der Waals surface area contributed by atoms with Crippen molar-refractivity contribution in [2.45, 2.75) is 32.2 Å². The van der Waals surface area contributed by atoms with E-state index < -0.39 is 0 Å². The van der Waals surface area contributed by atoms with Gasteiger partial charge in [-0.25, -0.2) is 4.98 Å². The molecular formula is C17H26N4O. The molecule has 2 aliphatic heterocycles. The number of carbonyl (C=O) groups excluding carboxylic acids is 1. The van der Waals surface area contributed by atoms with Crippen molar-refractivity contribution in [1.82, 2.24) is 14.8 Å². The van der Waals surface area contributed by atoms with Crippen LogP contribution in [0.2, 0.25) is 0 Å². The average molecular weight is 302 g/mol. The van der Waals surface area contributed by atoms with E-state index in [-0.39, 0.29) is 5.91 Å². The van der Waals surface area contributed by atoms with Crippen molar-refractivity contribution in [3.63, 3.8) is 0 Å². The van der Waals surface area contributed by atoms with E-state index in [2.05, 4.69) is 28.8 Å². The van der Waals surface area contributed by atoms with Gasteiger partial charge in [0.25, 0.3) is 5.91 Å². The Morgan fingerprint density at radius 3 is 2.68 bits per heavy atom. The smallest absolute Gasteiger partial charge is 0.257 e. The molecule has 22 heavy (non-hydrogen) atoms. The van der Waals surface area contributed by atoms with Crippen LogP contribution < -0.4 is 4.90 Å². The number of rotatable bonds is 2. The monoisotopic (exact) mass is 302 g/mol. The number of aromatic nitrogens is 1. The van der Waals surface area contributed by atoms with E-state index in [4.69, 9.17) is 0 Å². The number of anilines is 1. The highest BCUT2D eigenvalue weighted by molar-refractivity contribution is 5.99. The van der Waals surface area contributed by atoms with Gasteiger partial charge < -0.3 is 14.7 Å². The summed E-state index contributed by atoms with van der Waals surface area (Å²) in [5.74, 6) is 1.01. The normalized spacial score (nSPS) is 23.6. The average Bonchev–Trinajstić information content (AvgIpc) is 2.55. The molecule has 0 N–H and O–H groups in total.